The van der Waals surface area contributed by atoms with Gasteiger partial charge in [0, 0.05) is 16.9 Å². The summed E-state index contributed by atoms with van der Waals surface area (Å²) < 4.78 is 30.0. The van der Waals surface area contributed by atoms with E-state index in [9.17, 15) is 8.42 Å². The van der Waals surface area contributed by atoms with Gasteiger partial charge in [-0.2, -0.15) is 0 Å². The Morgan fingerprint density at radius 3 is 2.61 bits per heavy atom. The maximum Gasteiger partial charge on any atom is 0.233 e. The molecule has 1 N–H and O–H groups in total. The van der Waals surface area contributed by atoms with Gasteiger partial charge in [0.2, 0.25) is 10.0 Å². The number of aromatic nitrogens is 2. The molecular formula is C26H32Cl2N4O2S2. The molecule has 194 valence electrons. The van der Waals surface area contributed by atoms with Gasteiger partial charge in [-0.3, -0.25) is 4.40 Å². The van der Waals surface area contributed by atoms with Gasteiger partial charge in [-0.15, -0.1) is 24.8 Å². The molecule has 3 aromatic rings. The molecule has 0 aliphatic carbocycles. The van der Waals surface area contributed by atoms with E-state index in [4.69, 9.17) is 0 Å². The number of hydrogen-bond donors (Lipinski definition) is 1. The van der Waals surface area contributed by atoms with E-state index in [1.54, 1.807) is 17.8 Å². The van der Waals surface area contributed by atoms with Gasteiger partial charge >= 0.3 is 0 Å². The Kier molecular flexibility index (Phi) is 10.5. The van der Waals surface area contributed by atoms with Crippen molar-refractivity contribution in [3.63, 3.8) is 0 Å². The highest BCUT2D eigenvalue weighted by molar-refractivity contribution is 8.03. The Bertz CT molecular complexity index is 1300. The van der Waals surface area contributed by atoms with Crippen molar-refractivity contribution in [3.8, 4) is 0 Å². The van der Waals surface area contributed by atoms with E-state index in [1.807, 2.05) is 30.5 Å². The Balaban J connectivity index is 0.00000180. The zero-order valence-corrected chi connectivity index (χ0v) is 23.2. The maximum absolute atomic E-state index is 12.6. The van der Waals surface area contributed by atoms with Crippen LogP contribution in [0, 0.1) is 5.92 Å². The molecule has 1 fully saturated rings. The minimum absolute atomic E-state index is 0. The van der Waals surface area contributed by atoms with E-state index in [0.717, 1.165) is 66.6 Å². The number of rotatable bonds is 9. The number of pyridine rings is 1. The summed E-state index contributed by atoms with van der Waals surface area (Å²) in [6.07, 6.45) is 9.80. The first-order valence-corrected chi connectivity index (χ1v) is 14.2. The second kappa shape index (κ2) is 13.1. The summed E-state index contributed by atoms with van der Waals surface area (Å²) in [4.78, 5) is 7.79. The van der Waals surface area contributed by atoms with Crippen LogP contribution in [-0.2, 0) is 16.4 Å². The Labute approximate surface area is 230 Å². The third kappa shape index (κ3) is 7.37. The number of likely N-dealkylation sites (tertiary alicyclic amines) is 1. The van der Waals surface area contributed by atoms with Crippen LogP contribution >= 0.6 is 36.6 Å². The fourth-order valence-electron chi connectivity index (χ4n) is 4.59. The zero-order chi connectivity index (χ0) is 23.4. The zero-order valence-electron chi connectivity index (χ0n) is 20.0. The van der Waals surface area contributed by atoms with Gasteiger partial charge in [0.05, 0.1) is 16.9 Å². The Hall–Kier alpha value is -1.81. The molecule has 2 aliphatic rings. The summed E-state index contributed by atoms with van der Waals surface area (Å²) in [5.41, 5.74) is 3.26. The van der Waals surface area contributed by atoms with Crippen LogP contribution < -0.4 is 4.72 Å². The summed E-state index contributed by atoms with van der Waals surface area (Å²) in [7, 11) is -3.48. The van der Waals surface area contributed by atoms with Crippen LogP contribution in [0.2, 0.25) is 0 Å². The van der Waals surface area contributed by atoms with Crippen LogP contribution in [0.3, 0.4) is 0 Å². The molecule has 0 saturated carbocycles. The van der Waals surface area contributed by atoms with E-state index in [-0.39, 0.29) is 24.8 Å². The maximum atomic E-state index is 12.6. The number of nitrogens with one attached hydrogen (secondary N) is 1. The number of piperidine rings is 1. The first-order chi connectivity index (χ1) is 16.6. The third-order valence-corrected chi connectivity index (χ3v) is 8.59. The van der Waals surface area contributed by atoms with Crippen molar-refractivity contribution >= 4 is 58.3 Å². The predicted molar refractivity (Wildman–Crippen MR) is 154 cm³/mol. The van der Waals surface area contributed by atoms with Gasteiger partial charge in [0.1, 0.15) is 5.65 Å². The number of benzene rings is 1. The second-order valence-corrected chi connectivity index (χ2v) is 11.7. The highest BCUT2D eigenvalue weighted by Gasteiger charge is 2.20. The van der Waals surface area contributed by atoms with Gasteiger partial charge in [0.25, 0.3) is 0 Å². The third-order valence-electron chi connectivity index (χ3n) is 6.51. The number of nitrogens with zero attached hydrogens (tertiary/aromatic N) is 3. The number of sulfonamides is 1. The lowest BCUT2D eigenvalue weighted by Crippen LogP contribution is -2.38. The summed E-state index contributed by atoms with van der Waals surface area (Å²) in [5.74, 6) is 0.392. The van der Waals surface area contributed by atoms with Crippen molar-refractivity contribution in [1.29, 1.82) is 0 Å². The molecule has 36 heavy (non-hydrogen) atoms. The van der Waals surface area contributed by atoms with Gasteiger partial charge in [0.15, 0.2) is 0 Å². The van der Waals surface area contributed by atoms with E-state index in [1.165, 1.54) is 11.0 Å². The van der Waals surface area contributed by atoms with E-state index in [2.05, 4.69) is 49.3 Å². The van der Waals surface area contributed by atoms with Crippen molar-refractivity contribution in [1.82, 2.24) is 19.0 Å². The van der Waals surface area contributed by atoms with Crippen LogP contribution in [0.1, 0.15) is 30.5 Å². The number of allylic oxidation sites excluding steroid dienone is 1. The molecular weight excluding hydrogens is 535 g/mol. The number of thioether (sulfide) groups is 1. The number of aryl methyl sites for hydroxylation is 1. The van der Waals surface area contributed by atoms with E-state index < -0.39 is 10.0 Å². The van der Waals surface area contributed by atoms with Crippen molar-refractivity contribution in [3.05, 3.63) is 82.4 Å². The smallest absolute Gasteiger partial charge is 0.233 e. The van der Waals surface area contributed by atoms with Gasteiger partial charge in [-0.25, -0.2) is 18.1 Å². The van der Waals surface area contributed by atoms with E-state index in [0.29, 0.717) is 12.5 Å². The lowest BCUT2D eigenvalue weighted by Gasteiger charge is -2.31. The molecule has 1 aromatic carbocycles. The molecule has 0 unspecified atom stereocenters. The lowest BCUT2D eigenvalue weighted by atomic mass is 9.97. The average Bonchev–Trinajstić information content (AvgIpc) is 3.28. The molecule has 0 amide bonds. The Morgan fingerprint density at radius 1 is 1.06 bits per heavy atom. The number of hydrogen-bond acceptors (Lipinski definition) is 5. The SMILES string of the molecule is Cl.Cl.O=S(=O)(/C=C/C1=Cc2cnc3cccc(n23)S1)NCC1CCN(CCCc2ccccc2)CC1. The molecule has 0 atom stereocenters. The quantitative estimate of drug-likeness (QED) is 0.375. The monoisotopic (exact) mass is 566 g/mol. The molecule has 0 radical (unpaired) electrons. The number of halogens is 2. The summed E-state index contributed by atoms with van der Waals surface area (Å²) >= 11 is 1.55. The predicted octanol–water partition coefficient (Wildman–Crippen LogP) is 5.40. The number of imidazole rings is 1. The first-order valence-electron chi connectivity index (χ1n) is 11.9. The van der Waals surface area contributed by atoms with Crippen molar-refractivity contribution in [2.75, 3.05) is 26.2 Å². The van der Waals surface area contributed by atoms with Crippen LogP contribution in [0.5, 0.6) is 0 Å². The largest absolute Gasteiger partial charge is 0.303 e. The summed E-state index contributed by atoms with van der Waals surface area (Å²) in [5, 5.41) is 2.32. The van der Waals surface area contributed by atoms with Crippen LogP contribution in [0.4, 0.5) is 0 Å². The van der Waals surface area contributed by atoms with Crippen LogP contribution in [0.25, 0.3) is 11.7 Å². The van der Waals surface area contributed by atoms with Gasteiger partial charge in [-0.1, -0.05) is 48.2 Å². The highest BCUT2D eigenvalue weighted by Crippen LogP contribution is 2.35. The molecule has 10 heteroatoms. The molecule has 2 aromatic heterocycles. The lowest BCUT2D eigenvalue weighted by molar-refractivity contribution is 0.184. The van der Waals surface area contributed by atoms with Crippen molar-refractivity contribution in [2.24, 2.45) is 5.92 Å². The van der Waals surface area contributed by atoms with Crippen molar-refractivity contribution < 1.29 is 8.42 Å². The second-order valence-electron chi connectivity index (χ2n) is 8.96. The standard InChI is InChI=1S/C26H30N4O2S2.2ClH/c31-34(32,17-13-24-18-23-20-27-25-9-4-10-26(33-24)30(23)25)28-19-22-11-15-29(16-12-22)14-5-8-21-6-2-1-3-7-21;;/h1-4,6-7,9-10,13,17-18,20,22,28H,5,8,11-12,14-16,19H2;2*1H/b17-13+;;. The normalized spacial score (nSPS) is 16.5. The molecule has 5 rings (SSSR count). The topological polar surface area (TPSA) is 66.7 Å². The van der Waals surface area contributed by atoms with Crippen molar-refractivity contribution in [2.45, 2.75) is 30.7 Å². The minimum Gasteiger partial charge on any atom is -0.303 e. The summed E-state index contributed by atoms with van der Waals surface area (Å²) in [6.45, 7) is 3.69. The summed E-state index contributed by atoms with van der Waals surface area (Å²) in [6, 6.07) is 16.6. The highest BCUT2D eigenvalue weighted by atomic mass is 35.5. The molecule has 0 bridgehead atoms. The van der Waals surface area contributed by atoms with Crippen LogP contribution in [0.15, 0.2) is 76.1 Å². The molecule has 6 nitrogen and oxygen atoms in total. The van der Waals surface area contributed by atoms with Gasteiger partial charge < -0.3 is 4.90 Å². The Morgan fingerprint density at radius 2 is 1.83 bits per heavy atom. The van der Waals surface area contributed by atoms with Crippen LogP contribution in [-0.4, -0.2) is 48.9 Å². The first kappa shape index (κ1) is 28.8. The minimum atomic E-state index is -3.48. The van der Waals surface area contributed by atoms with Gasteiger partial charge in [-0.05, 0) is 81.1 Å². The molecule has 4 heterocycles. The average molecular weight is 568 g/mol. The molecule has 2 aliphatic heterocycles. The van der Waals surface area contributed by atoms with E-state index >= 15 is 0 Å². The molecule has 0 spiro atoms. The fraction of sp³-hybridized carbons (Fsp3) is 0.346. The molecule has 1 saturated heterocycles. The fourth-order valence-corrected chi connectivity index (χ4v) is 6.56.